The Balaban J connectivity index is 2.37. The lowest BCUT2D eigenvalue weighted by Gasteiger charge is -2.02. The second-order valence-electron chi connectivity index (χ2n) is 3.97. The van der Waals surface area contributed by atoms with E-state index in [9.17, 15) is 9.59 Å². The number of esters is 1. The molecule has 0 bridgehead atoms. The highest BCUT2D eigenvalue weighted by atomic mass is 32.1. The van der Waals surface area contributed by atoms with Crippen LogP contribution < -0.4 is 5.32 Å². The smallest absolute Gasteiger partial charge is 0.348 e. The van der Waals surface area contributed by atoms with Crippen LogP contribution in [0.25, 0.3) is 0 Å². The average molecular weight is 269 g/mol. The molecule has 1 aromatic rings. The minimum atomic E-state index is -0.401. The number of unbranched alkanes of at least 4 members (excludes halogenated alkanes) is 3. The van der Waals surface area contributed by atoms with E-state index in [-0.39, 0.29) is 5.91 Å². The highest BCUT2D eigenvalue weighted by Gasteiger charge is 2.13. The number of methoxy groups -OCH3 is 1. The van der Waals surface area contributed by atoms with Crippen LogP contribution in [0.4, 0.5) is 0 Å². The molecular weight excluding hydrogens is 250 g/mol. The number of nitrogens with one attached hydrogen (secondary N) is 1. The van der Waals surface area contributed by atoms with Crippen LogP contribution in [0.5, 0.6) is 0 Å². The maximum absolute atomic E-state index is 11.7. The van der Waals surface area contributed by atoms with Crippen molar-refractivity contribution in [3.05, 3.63) is 21.9 Å². The molecule has 0 spiro atoms. The van der Waals surface area contributed by atoms with Gasteiger partial charge >= 0.3 is 5.97 Å². The first-order valence-electron chi connectivity index (χ1n) is 6.15. The van der Waals surface area contributed by atoms with Crippen LogP contribution in [0, 0.1) is 0 Å². The molecule has 100 valence electrons. The maximum Gasteiger partial charge on any atom is 0.348 e. The monoisotopic (exact) mass is 269 g/mol. The summed E-state index contributed by atoms with van der Waals surface area (Å²) >= 11 is 1.16. The standard InChI is InChI=1S/C13H19NO3S/c1-3-4-5-6-9-14-12(15)10-7-8-11(18-10)13(16)17-2/h7-8H,3-6,9H2,1-2H3,(H,14,15). The quantitative estimate of drug-likeness (QED) is 0.611. The van der Waals surface area contributed by atoms with E-state index in [1.54, 1.807) is 12.1 Å². The molecule has 0 aromatic carbocycles. The third-order valence-electron chi connectivity index (χ3n) is 2.53. The molecule has 0 saturated carbocycles. The summed E-state index contributed by atoms with van der Waals surface area (Å²) in [5, 5.41) is 2.85. The largest absolute Gasteiger partial charge is 0.465 e. The summed E-state index contributed by atoms with van der Waals surface area (Å²) < 4.78 is 4.59. The minimum Gasteiger partial charge on any atom is -0.465 e. The molecule has 1 rings (SSSR count). The van der Waals surface area contributed by atoms with Gasteiger partial charge in [0.25, 0.3) is 5.91 Å². The summed E-state index contributed by atoms with van der Waals surface area (Å²) in [6, 6.07) is 3.26. The zero-order chi connectivity index (χ0) is 13.4. The zero-order valence-electron chi connectivity index (χ0n) is 10.8. The molecule has 0 fully saturated rings. The first-order chi connectivity index (χ1) is 8.69. The van der Waals surface area contributed by atoms with E-state index in [4.69, 9.17) is 0 Å². The normalized spacial score (nSPS) is 10.1. The van der Waals surface area contributed by atoms with Crippen LogP contribution in [0.2, 0.25) is 0 Å². The van der Waals surface area contributed by atoms with Gasteiger partial charge in [-0.1, -0.05) is 26.2 Å². The molecule has 1 aromatic heterocycles. The van der Waals surface area contributed by atoms with Gasteiger partial charge < -0.3 is 10.1 Å². The van der Waals surface area contributed by atoms with Gasteiger partial charge in [-0.15, -0.1) is 11.3 Å². The lowest BCUT2D eigenvalue weighted by atomic mass is 10.2. The first-order valence-corrected chi connectivity index (χ1v) is 6.97. The molecule has 4 nitrogen and oxygen atoms in total. The summed E-state index contributed by atoms with van der Waals surface area (Å²) in [7, 11) is 1.33. The fourth-order valence-corrected chi connectivity index (χ4v) is 2.35. The van der Waals surface area contributed by atoms with Crippen LogP contribution in [-0.2, 0) is 4.74 Å². The number of hydrogen-bond donors (Lipinski definition) is 1. The van der Waals surface area contributed by atoms with Gasteiger partial charge in [-0.2, -0.15) is 0 Å². The van der Waals surface area contributed by atoms with Crippen LogP contribution >= 0.6 is 11.3 Å². The highest BCUT2D eigenvalue weighted by Crippen LogP contribution is 2.17. The molecule has 0 aliphatic heterocycles. The van der Waals surface area contributed by atoms with Crippen molar-refractivity contribution < 1.29 is 14.3 Å². The van der Waals surface area contributed by atoms with Gasteiger partial charge in [0.1, 0.15) is 4.88 Å². The lowest BCUT2D eigenvalue weighted by molar-refractivity contribution is 0.0606. The SMILES string of the molecule is CCCCCCNC(=O)c1ccc(C(=O)OC)s1. The molecule has 0 saturated heterocycles. The molecule has 0 aliphatic rings. The topological polar surface area (TPSA) is 55.4 Å². The van der Waals surface area contributed by atoms with Gasteiger partial charge in [0.2, 0.25) is 0 Å². The number of hydrogen-bond acceptors (Lipinski definition) is 4. The van der Waals surface area contributed by atoms with E-state index < -0.39 is 5.97 Å². The summed E-state index contributed by atoms with van der Waals surface area (Å²) in [6.07, 6.45) is 4.51. The summed E-state index contributed by atoms with van der Waals surface area (Å²) in [5.41, 5.74) is 0. The van der Waals surface area contributed by atoms with Crippen LogP contribution in [0.3, 0.4) is 0 Å². The van der Waals surface area contributed by atoms with Gasteiger partial charge in [0.15, 0.2) is 0 Å². The number of carbonyl (C=O) groups is 2. The van der Waals surface area contributed by atoms with Gasteiger partial charge in [0.05, 0.1) is 12.0 Å². The lowest BCUT2D eigenvalue weighted by Crippen LogP contribution is -2.23. The van der Waals surface area contributed by atoms with E-state index >= 15 is 0 Å². The van der Waals surface area contributed by atoms with Crippen LogP contribution in [-0.4, -0.2) is 25.5 Å². The fraction of sp³-hybridized carbons (Fsp3) is 0.538. The van der Waals surface area contributed by atoms with Crippen molar-refractivity contribution in [3.63, 3.8) is 0 Å². The Kier molecular flexibility index (Phi) is 6.43. The third-order valence-corrected chi connectivity index (χ3v) is 3.60. The third kappa shape index (κ3) is 4.49. The minimum absolute atomic E-state index is 0.119. The Labute approximate surface area is 111 Å². The molecule has 1 amide bonds. The van der Waals surface area contributed by atoms with Crippen molar-refractivity contribution in [1.29, 1.82) is 0 Å². The number of rotatable bonds is 7. The van der Waals surface area contributed by atoms with E-state index in [0.29, 0.717) is 16.3 Å². The molecule has 0 radical (unpaired) electrons. The Morgan fingerprint density at radius 3 is 2.61 bits per heavy atom. The summed E-state index contributed by atoms with van der Waals surface area (Å²) in [6.45, 7) is 2.84. The van der Waals surface area contributed by atoms with Crippen LogP contribution in [0.1, 0.15) is 52.0 Å². The predicted octanol–water partition coefficient (Wildman–Crippen LogP) is 2.84. The van der Waals surface area contributed by atoms with Gasteiger partial charge in [0, 0.05) is 6.54 Å². The van der Waals surface area contributed by atoms with E-state index in [1.165, 1.54) is 20.0 Å². The molecule has 18 heavy (non-hydrogen) atoms. The van der Waals surface area contributed by atoms with Gasteiger partial charge in [-0.25, -0.2) is 4.79 Å². The predicted molar refractivity (Wildman–Crippen MR) is 72.1 cm³/mol. The van der Waals surface area contributed by atoms with Gasteiger partial charge in [-0.3, -0.25) is 4.79 Å². The number of carbonyl (C=O) groups excluding carboxylic acids is 2. The Morgan fingerprint density at radius 2 is 1.94 bits per heavy atom. The fourth-order valence-electron chi connectivity index (χ4n) is 1.51. The molecule has 0 unspecified atom stereocenters. The Hall–Kier alpha value is -1.36. The van der Waals surface area contributed by atoms with Crippen molar-refractivity contribution in [1.82, 2.24) is 5.32 Å². The number of amides is 1. The van der Waals surface area contributed by atoms with Crippen molar-refractivity contribution in [2.45, 2.75) is 32.6 Å². The molecule has 0 aliphatic carbocycles. The maximum atomic E-state index is 11.7. The van der Waals surface area contributed by atoms with E-state index in [0.717, 1.165) is 24.2 Å². The molecule has 1 heterocycles. The average Bonchev–Trinajstić information content (AvgIpc) is 2.87. The van der Waals surface area contributed by atoms with E-state index in [1.807, 2.05) is 0 Å². The van der Waals surface area contributed by atoms with Crippen molar-refractivity contribution in [2.24, 2.45) is 0 Å². The van der Waals surface area contributed by atoms with Crippen molar-refractivity contribution in [2.75, 3.05) is 13.7 Å². The summed E-state index contributed by atoms with van der Waals surface area (Å²) in [5.74, 6) is -0.520. The second kappa shape index (κ2) is 7.87. The molecule has 0 atom stereocenters. The Bertz CT molecular complexity index is 401. The molecular formula is C13H19NO3S. The number of thiophene rings is 1. The van der Waals surface area contributed by atoms with E-state index in [2.05, 4.69) is 17.0 Å². The number of ether oxygens (including phenoxy) is 1. The zero-order valence-corrected chi connectivity index (χ0v) is 11.6. The van der Waals surface area contributed by atoms with Gasteiger partial charge in [-0.05, 0) is 18.6 Å². The molecule has 5 heteroatoms. The Morgan fingerprint density at radius 1 is 1.22 bits per heavy atom. The van der Waals surface area contributed by atoms with Crippen molar-refractivity contribution >= 4 is 23.2 Å². The summed E-state index contributed by atoms with van der Waals surface area (Å²) in [4.78, 5) is 24.0. The second-order valence-corrected chi connectivity index (χ2v) is 5.06. The van der Waals surface area contributed by atoms with Crippen molar-refractivity contribution in [3.8, 4) is 0 Å². The van der Waals surface area contributed by atoms with Crippen LogP contribution in [0.15, 0.2) is 12.1 Å². The highest BCUT2D eigenvalue weighted by molar-refractivity contribution is 7.15. The first kappa shape index (κ1) is 14.7. The molecule has 1 N–H and O–H groups in total.